The monoisotopic (exact) mass is 336 g/mol. The van der Waals surface area contributed by atoms with Crippen molar-refractivity contribution in [1.82, 2.24) is 9.21 Å². The fraction of sp³-hybridized carbons (Fsp3) is 0.667. The highest BCUT2D eigenvalue weighted by Crippen LogP contribution is 2.26. The molecule has 1 aromatic rings. The number of rotatable bonds is 5. The fourth-order valence-corrected chi connectivity index (χ4v) is 5.14. The SMILES string of the molecule is Cc1ccc(S(=O)(=O)N2CCC(CCN3CCCC3)CC2)cc1. The van der Waals surface area contributed by atoms with Crippen molar-refractivity contribution in [3.63, 3.8) is 0 Å². The molecule has 2 fully saturated rings. The van der Waals surface area contributed by atoms with Gasteiger partial charge in [-0.3, -0.25) is 0 Å². The van der Waals surface area contributed by atoms with Gasteiger partial charge in [0, 0.05) is 13.1 Å². The molecule has 23 heavy (non-hydrogen) atoms. The zero-order chi connectivity index (χ0) is 16.3. The highest BCUT2D eigenvalue weighted by molar-refractivity contribution is 7.89. The third-order valence-electron chi connectivity index (χ3n) is 5.28. The van der Waals surface area contributed by atoms with E-state index in [1.807, 2.05) is 19.1 Å². The van der Waals surface area contributed by atoms with Gasteiger partial charge in [0.25, 0.3) is 0 Å². The van der Waals surface area contributed by atoms with E-state index in [0.717, 1.165) is 18.4 Å². The van der Waals surface area contributed by atoms with E-state index < -0.39 is 10.0 Å². The summed E-state index contributed by atoms with van der Waals surface area (Å²) in [6.45, 7) is 7.00. The molecule has 0 amide bonds. The van der Waals surface area contributed by atoms with Crippen LogP contribution in [0.2, 0.25) is 0 Å². The Kier molecular flexibility index (Phi) is 5.39. The van der Waals surface area contributed by atoms with Crippen LogP contribution in [0.4, 0.5) is 0 Å². The summed E-state index contributed by atoms with van der Waals surface area (Å²) in [5.74, 6) is 0.681. The molecule has 0 bridgehead atoms. The smallest absolute Gasteiger partial charge is 0.243 e. The minimum absolute atomic E-state index is 0.429. The standard InChI is InChI=1S/C18H28N2O2S/c1-16-4-6-18(7-5-16)23(21,22)20-14-9-17(10-15-20)8-13-19-11-2-3-12-19/h4-7,17H,2-3,8-15H2,1H3. The van der Waals surface area contributed by atoms with Gasteiger partial charge in [-0.25, -0.2) is 8.42 Å². The van der Waals surface area contributed by atoms with Crippen LogP contribution in [-0.2, 0) is 10.0 Å². The van der Waals surface area contributed by atoms with E-state index in [4.69, 9.17) is 0 Å². The average molecular weight is 337 g/mol. The second kappa shape index (κ2) is 7.32. The van der Waals surface area contributed by atoms with Crippen molar-refractivity contribution in [1.29, 1.82) is 0 Å². The van der Waals surface area contributed by atoms with Crippen LogP contribution in [0, 0.1) is 12.8 Å². The van der Waals surface area contributed by atoms with Crippen LogP contribution in [0.25, 0.3) is 0 Å². The third-order valence-corrected chi connectivity index (χ3v) is 7.20. The maximum Gasteiger partial charge on any atom is 0.243 e. The predicted molar refractivity (Wildman–Crippen MR) is 93.0 cm³/mol. The maximum absolute atomic E-state index is 12.7. The molecule has 3 rings (SSSR count). The van der Waals surface area contributed by atoms with Crippen LogP contribution in [0.3, 0.4) is 0 Å². The number of hydrogen-bond donors (Lipinski definition) is 0. The van der Waals surface area contributed by atoms with Gasteiger partial charge in [-0.15, -0.1) is 0 Å². The van der Waals surface area contributed by atoms with Crippen LogP contribution in [0.5, 0.6) is 0 Å². The highest BCUT2D eigenvalue weighted by atomic mass is 32.2. The van der Waals surface area contributed by atoms with Gasteiger partial charge < -0.3 is 4.90 Å². The number of nitrogens with zero attached hydrogens (tertiary/aromatic N) is 2. The lowest BCUT2D eigenvalue weighted by Gasteiger charge is -2.32. The minimum atomic E-state index is -3.31. The first-order valence-corrected chi connectivity index (χ1v) is 10.3. The molecule has 0 spiro atoms. The first-order valence-electron chi connectivity index (χ1n) is 8.85. The Labute approximate surface area is 140 Å². The van der Waals surface area contributed by atoms with E-state index in [0.29, 0.717) is 23.9 Å². The lowest BCUT2D eigenvalue weighted by molar-refractivity contribution is 0.232. The van der Waals surface area contributed by atoms with E-state index in [2.05, 4.69) is 4.90 Å². The van der Waals surface area contributed by atoms with Crippen molar-refractivity contribution in [2.24, 2.45) is 5.92 Å². The summed E-state index contributed by atoms with van der Waals surface area (Å²) < 4.78 is 27.1. The first kappa shape index (κ1) is 16.9. The van der Waals surface area contributed by atoms with Crippen molar-refractivity contribution < 1.29 is 8.42 Å². The Hall–Kier alpha value is -0.910. The molecule has 0 radical (unpaired) electrons. The molecule has 4 nitrogen and oxygen atoms in total. The second-order valence-electron chi connectivity index (χ2n) is 7.00. The number of piperidine rings is 1. The van der Waals surface area contributed by atoms with Gasteiger partial charge in [0.2, 0.25) is 10.0 Å². The van der Waals surface area contributed by atoms with Gasteiger partial charge in [0.1, 0.15) is 0 Å². The number of sulfonamides is 1. The molecule has 128 valence electrons. The van der Waals surface area contributed by atoms with Crippen molar-refractivity contribution in [3.8, 4) is 0 Å². The highest BCUT2D eigenvalue weighted by Gasteiger charge is 2.29. The van der Waals surface area contributed by atoms with Gasteiger partial charge in [0.05, 0.1) is 4.90 Å². The zero-order valence-electron chi connectivity index (χ0n) is 14.1. The molecule has 2 aliphatic rings. The Bertz CT molecular complexity index is 598. The molecule has 0 saturated carbocycles. The molecule has 2 heterocycles. The lowest BCUT2D eigenvalue weighted by Crippen LogP contribution is -2.39. The van der Waals surface area contributed by atoms with Crippen LogP contribution in [0.1, 0.15) is 37.7 Å². The molecule has 0 aliphatic carbocycles. The molecule has 1 aromatic carbocycles. The summed E-state index contributed by atoms with van der Waals surface area (Å²) in [5.41, 5.74) is 1.09. The van der Waals surface area contributed by atoms with Gasteiger partial charge in [0.15, 0.2) is 0 Å². The summed E-state index contributed by atoms with van der Waals surface area (Å²) in [6.07, 6.45) is 5.90. The summed E-state index contributed by atoms with van der Waals surface area (Å²) in [6, 6.07) is 7.19. The van der Waals surface area contributed by atoms with Gasteiger partial charge in [-0.2, -0.15) is 4.31 Å². The number of aryl methyl sites for hydroxylation is 1. The van der Waals surface area contributed by atoms with E-state index in [1.54, 1.807) is 16.4 Å². The van der Waals surface area contributed by atoms with Gasteiger partial charge in [-0.05, 0) is 76.7 Å². The van der Waals surface area contributed by atoms with Crippen LogP contribution in [-0.4, -0.2) is 50.3 Å². The molecule has 0 atom stereocenters. The van der Waals surface area contributed by atoms with E-state index in [-0.39, 0.29) is 0 Å². The molecule has 2 aliphatic heterocycles. The third kappa shape index (κ3) is 4.14. The number of hydrogen-bond acceptors (Lipinski definition) is 3. The van der Waals surface area contributed by atoms with Crippen LogP contribution < -0.4 is 0 Å². The average Bonchev–Trinajstić information content (AvgIpc) is 3.07. The second-order valence-corrected chi connectivity index (χ2v) is 8.94. The summed E-state index contributed by atoms with van der Waals surface area (Å²) in [4.78, 5) is 2.98. The Morgan fingerprint density at radius 2 is 1.61 bits per heavy atom. The predicted octanol–water partition coefficient (Wildman–Crippen LogP) is 2.88. The van der Waals surface area contributed by atoms with E-state index >= 15 is 0 Å². The Morgan fingerprint density at radius 3 is 2.22 bits per heavy atom. The summed E-state index contributed by atoms with van der Waals surface area (Å²) in [5, 5.41) is 0. The Morgan fingerprint density at radius 1 is 1.00 bits per heavy atom. The maximum atomic E-state index is 12.7. The normalized spacial score (nSPS) is 21.8. The van der Waals surface area contributed by atoms with Crippen molar-refractivity contribution in [3.05, 3.63) is 29.8 Å². The fourth-order valence-electron chi connectivity index (χ4n) is 3.67. The molecular formula is C18H28N2O2S. The molecule has 0 unspecified atom stereocenters. The topological polar surface area (TPSA) is 40.6 Å². The molecular weight excluding hydrogens is 308 g/mol. The van der Waals surface area contributed by atoms with Crippen LogP contribution >= 0.6 is 0 Å². The van der Waals surface area contributed by atoms with Crippen LogP contribution in [0.15, 0.2) is 29.2 Å². The molecule has 0 N–H and O–H groups in total. The van der Waals surface area contributed by atoms with E-state index in [9.17, 15) is 8.42 Å². The van der Waals surface area contributed by atoms with Crippen molar-refractivity contribution in [2.75, 3.05) is 32.7 Å². The zero-order valence-corrected chi connectivity index (χ0v) is 14.9. The van der Waals surface area contributed by atoms with E-state index in [1.165, 1.54) is 38.9 Å². The summed E-state index contributed by atoms with van der Waals surface area (Å²) >= 11 is 0. The van der Waals surface area contributed by atoms with Crippen molar-refractivity contribution >= 4 is 10.0 Å². The van der Waals surface area contributed by atoms with Gasteiger partial charge in [-0.1, -0.05) is 17.7 Å². The Balaban J connectivity index is 1.52. The molecule has 5 heteroatoms. The summed E-state index contributed by atoms with van der Waals surface area (Å²) in [7, 11) is -3.31. The minimum Gasteiger partial charge on any atom is -0.303 e. The lowest BCUT2D eigenvalue weighted by atomic mass is 9.94. The van der Waals surface area contributed by atoms with Gasteiger partial charge >= 0.3 is 0 Å². The largest absolute Gasteiger partial charge is 0.303 e. The number of benzene rings is 1. The van der Waals surface area contributed by atoms with Crippen molar-refractivity contribution in [2.45, 2.75) is 43.9 Å². The number of likely N-dealkylation sites (tertiary alicyclic amines) is 1. The molecule has 0 aromatic heterocycles. The molecule has 2 saturated heterocycles. The quantitative estimate of drug-likeness (QED) is 0.830. The first-order chi connectivity index (χ1) is 11.1.